The number of nitrogens with one attached hydrogen (secondary N) is 1. The monoisotopic (exact) mass is 347 g/mol. The first kappa shape index (κ1) is 19.1. The number of carbonyl (C=O) groups is 1. The number of benzene rings is 1. The standard InChI is InChI=1S/C18H25N3O4/c1-14-8-10-20(11-9-14)13-16(22)12-19-18(23)7-6-15-4-2-3-5-17(15)21(24)25/h2-7,14,16,22H,8-13H2,1H3,(H,19,23)/b7-6+. The maximum absolute atomic E-state index is 11.8. The minimum atomic E-state index is -0.628. The largest absolute Gasteiger partial charge is 0.390 e. The predicted molar refractivity (Wildman–Crippen MR) is 96.0 cm³/mol. The molecule has 1 aromatic carbocycles. The van der Waals surface area contributed by atoms with Gasteiger partial charge in [0.05, 0.1) is 16.6 Å². The zero-order chi connectivity index (χ0) is 18.2. The molecule has 25 heavy (non-hydrogen) atoms. The van der Waals surface area contributed by atoms with Gasteiger partial charge in [-0.2, -0.15) is 0 Å². The summed E-state index contributed by atoms with van der Waals surface area (Å²) in [6, 6.07) is 6.22. The van der Waals surface area contributed by atoms with Crippen LogP contribution in [-0.2, 0) is 4.79 Å². The molecule has 1 aromatic rings. The second kappa shape index (κ2) is 9.29. The van der Waals surface area contributed by atoms with Crippen LogP contribution in [-0.4, -0.2) is 53.1 Å². The van der Waals surface area contributed by atoms with E-state index in [0.717, 1.165) is 31.8 Å². The molecule has 1 unspecified atom stereocenters. The van der Waals surface area contributed by atoms with Crippen LogP contribution in [0.25, 0.3) is 6.08 Å². The van der Waals surface area contributed by atoms with Gasteiger partial charge in [-0.1, -0.05) is 19.1 Å². The number of piperidine rings is 1. The molecule has 2 N–H and O–H groups in total. The van der Waals surface area contributed by atoms with Crippen molar-refractivity contribution in [3.63, 3.8) is 0 Å². The summed E-state index contributed by atoms with van der Waals surface area (Å²) in [4.78, 5) is 24.5. The molecule has 7 heteroatoms. The number of nitrogens with zero attached hydrogens (tertiary/aromatic N) is 2. The minimum absolute atomic E-state index is 0.0501. The van der Waals surface area contributed by atoms with Crippen LogP contribution < -0.4 is 5.32 Å². The zero-order valence-corrected chi connectivity index (χ0v) is 14.4. The number of hydrogen-bond donors (Lipinski definition) is 2. The number of amides is 1. The maximum atomic E-state index is 11.8. The van der Waals surface area contributed by atoms with Crippen molar-refractivity contribution in [2.75, 3.05) is 26.2 Å². The van der Waals surface area contributed by atoms with Gasteiger partial charge in [-0.25, -0.2) is 0 Å². The van der Waals surface area contributed by atoms with Crippen LogP contribution in [0.4, 0.5) is 5.69 Å². The Kier molecular flexibility index (Phi) is 7.09. The Labute approximate surface area is 147 Å². The van der Waals surface area contributed by atoms with Crippen LogP contribution in [0.2, 0.25) is 0 Å². The molecule has 1 atom stereocenters. The van der Waals surface area contributed by atoms with Crippen molar-refractivity contribution in [3.8, 4) is 0 Å². The van der Waals surface area contributed by atoms with Gasteiger partial charge >= 0.3 is 0 Å². The summed E-state index contributed by atoms with van der Waals surface area (Å²) in [5.41, 5.74) is 0.316. The summed E-state index contributed by atoms with van der Waals surface area (Å²) in [6.45, 7) is 4.89. The van der Waals surface area contributed by atoms with Gasteiger partial charge in [0.1, 0.15) is 0 Å². The van der Waals surface area contributed by atoms with Crippen molar-refractivity contribution < 1.29 is 14.8 Å². The number of aliphatic hydroxyl groups is 1. The van der Waals surface area contributed by atoms with Gasteiger partial charge in [-0.15, -0.1) is 0 Å². The lowest BCUT2D eigenvalue weighted by atomic mass is 9.99. The summed E-state index contributed by atoms with van der Waals surface area (Å²) in [6.07, 6.45) is 4.30. The van der Waals surface area contributed by atoms with Crippen molar-refractivity contribution in [3.05, 3.63) is 46.0 Å². The highest BCUT2D eigenvalue weighted by Crippen LogP contribution is 2.19. The molecular formula is C18H25N3O4. The number of likely N-dealkylation sites (tertiary alicyclic amines) is 1. The van der Waals surface area contributed by atoms with Crippen molar-refractivity contribution >= 4 is 17.7 Å². The Morgan fingerprint density at radius 3 is 2.80 bits per heavy atom. The maximum Gasteiger partial charge on any atom is 0.276 e. The average Bonchev–Trinajstić information content (AvgIpc) is 2.60. The molecule has 0 bridgehead atoms. The van der Waals surface area contributed by atoms with E-state index in [-0.39, 0.29) is 18.1 Å². The molecule has 0 aromatic heterocycles. The fraction of sp³-hybridized carbons (Fsp3) is 0.500. The number of aliphatic hydroxyl groups excluding tert-OH is 1. The van der Waals surface area contributed by atoms with Crippen molar-refractivity contribution in [2.24, 2.45) is 5.92 Å². The number of para-hydroxylation sites is 1. The highest BCUT2D eigenvalue weighted by molar-refractivity contribution is 5.92. The Hall–Kier alpha value is -2.25. The van der Waals surface area contributed by atoms with Gasteiger partial charge in [-0.3, -0.25) is 14.9 Å². The van der Waals surface area contributed by atoms with Crippen LogP contribution in [0.1, 0.15) is 25.3 Å². The first-order valence-corrected chi connectivity index (χ1v) is 8.55. The summed E-state index contributed by atoms with van der Waals surface area (Å²) >= 11 is 0. The third kappa shape index (κ3) is 6.28. The third-order valence-electron chi connectivity index (χ3n) is 4.40. The van der Waals surface area contributed by atoms with Gasteiger partial charge in [0.15, 0.2) is 0 Å². The lowest BCUT2D eigenvalue weighted by Crippen LogP contribution is -2.42. The number of nitro benzene ring substituents is 1. The van der Waals surface area contributed by atoms with Crippen molar-refractivity contribution in [2.45, 2.75) is 25.9 Å². The lowest BCUT2D eigenvalue weighted by molar-refractivity contribution is -0.385. The van der Waals surface area contributed by atoms with E-state index in [1.54, 1.807) is 18.2 Å². The molecule has 1 fully saturated rings. The topological polar surface area (TPSA) is 95.7 Å². The first-order chi connectivity index (χ1) is 12.0. The van der Waals surface area contributed by atoms with E-state index >= 15 is 0 Å². The van der Waals surface area contributed by atoms with Crippen LogP contribution in [0.5, 0.6) is 0 Å². The predicted octanol–water partition coefficient (Wildman–Crippen LogP) is 1.82. The van der Waals surface area contributed by atoms with Gasteiger partial charge in [-0.05, 0) is 44.0 Å². The highest BCUT2D eigenvalue weighted by Gasteiger charge is 2.18. The number of carbonyl (C=O) groups excluding carboxylic acids is 1. The summed E-state index contributed by atoms with van der Waals surface area (Å²) < 4.78 is 0. The third-order valence-corrected chi connectivity index (χ3v) is 4.40. The molecule has 1 aliphatic heterocycles. The Morgan fingerprint density at radius 1 is 1.44 bits per heavy atom. The molecule has 0 radical (unpaired) electrons. The molecule has 1 heterocycles. The Morgan fingerprint density at radius 2 is 2.12 bits per heavy atom. The summed E-state index contributed by atoms with van der Waals surface area (Å²) in [7, 11) is 0. The van der Waals surface area contributed by atoms with Crippen molar-refractivity contribution in [1.29, 1.82) is 0 Å². The lowest BCUT2D eigenvalue weighted by Gasteiger charge is -2.31. The van der Waals surface area contributed by atoms with Crippen LogP contribution >= 0.6 is 0 Å². The number of β-amino-alcohol motifs (C(OH)–C–C–N with tert-alkyl or cyclic N) is 1. The van der Waals surface area contributed by atoms with Crippen LogP contribution in [0.3, 0.4) is 0 Å². The molecular weight excluding hydrogens is 322 g/mol. The second-order valence-corrected chi connectivity index (χ2v) is 6.53. The van der Waals surface area contributed by atoms with E-state index in [9.17, 15) is 20.0 Å². The molecule has 2 rings (SSSR count). The summed E-state index contributed by atoms with van der Waals surface area (Å²) in [5, 5.41) is 23.6. The van der Waals surface area contributed by atoms with Crippen LogP contribution in [0.15, 0.2) is 30.3 Å². The molecule has 1 aliphatic rings. The Balaban J connectivity index is 1.77. The smallest absolute Gasteiger partial charge is 0.276 e. The van der Waals surface area contributed by atoms with E-state index in [4.69, 9.17) is 0 Å². The van der Waals surface area contributed by atoms with Gasteiger partial charge in [0.25, 0.3) is 5.69 Å². The second-order valence-electron chi connectivity index (χ2n) is 6.53. The SMILES string of the molecule is CC1CCN(CC(O)CNC(=O)/C=C/c2ccccc2[N+](=O)[O-])CC1. The van der Waals surface area contributed by atoms with E-state index < -0.39 is 11.0 Å². The molecule has 1 saturated heterocycles. The van der Waals surface area contributed by atoms with Crippen molar-refractivity contribution in [1.82, 2.24) is 10.2 Å². The molecule has 0 aliphatic carbocycles. The van der Waals surface area contributed by atoms with E-state index in [0.29, 0.717) is 12.1 Å². The first-order valence-electron chi connectivity index (χ1n) is 8.55. The molecule has 1 amide bonds. The number of hydrogen-bond acceptors (Lipinski definition) is 5. The summed E-state index contributed by atoms with van der Waals surface area (Å²) in [5.74, 6) is 0.352. The van der Waals surface area contributed by atoms with Crippen LogP contribution in [0, 0.1) is 16.0 Å². The van der Waals surface area contributed by atoms with E-state index in [2.05, 4.69) is 17.1 Å². The molecule has 0 spiro atoms. The Bertz CT molecular complexity index is 625. The molecule has 7 nitrogen and oxygen atoms in total. The van der Waals surface area contributed by atoms with E-state index in [1.165, 1.54) is 18.2 Å². The average molecular weight is 347 g/mol. The molecule has 0 saturated carbocycles. The number of rotatable bonds is 7. The van der Waals surface area contributed by atoms with Gasteiger partial charge in [0.2, 0.25) is 5.91 Å². The fourth-order valence-corrected chi connectivity index (χ4v) is 2.84. The van der Waals surface area contributed by atoms with Gasteiger partial charge in [0, 0.05) is 25.2 Å². The highest BCUT2D eigenvalue weighted by atomic mass is 16.6. The molecule has 136 valence electrons. The normalized spacial score (nSPS) is 17.5. The quantitative estimate of drug-likeness (QED) is 0.446. The van der Waals surface area contributed by atoms with Gasteiger partial charge < -0.3 is 15.3 Å². The fourth-order valence-electron chi connectivity index (χ4n) is 2.84. The minimum Gasteiger partial charge on any atom is -0.390 e. The van der Waals surface area contributed by atoms with E-state index in [1.807, 2.05) is 0 Å². The zero-order valence-electron chi connectivity index (χ0n) is 14.4. The number of nitro groups is 1.